The highest BCUT2D eigenvalue weighted by Gasteiger charge is 2.19. The maximum Gasteiger partial charge on any atom is 0.341 e. The number of aliphatic carboxylic acids is 2. The summed E-state index contributed by atoms with van der Waals surface area (Å²) in [6.07, 6.45) is 3.82. The SMILES string of the molecule is Cc1cc(N=Nc2ccc(-c3ccc(NN=C4C=CC(=O)C(C(=O)O)=C4)cc3)cc2)c(N)c(N=Nc2cccc(OCC(=O)O)c2)c1N. The first-order valence-electron chi connectivity index (χ1n) is 14.3. The van der Waals surface area contributed by atoms with Crippen molar-refractivity contribution >= 4 is 63.2 Å². The van der Waals surface area contributed by atoms with Crippen LogP contribution in [0.3, 0.4) is 0 Å². The number of nitrogens with zero attached hydrogens (tertiary/aromatic N) is 5. The lowest BCUT2D eigenvalue weighted by Crippen LogP contribution is -2.15. The zero-order valence-corrected chi connectivity index (χ0v) is 25.4. The third-order valence-electron chi connectivity index (χ3n) is 6.88. The van der Waals surface area contributed by atoms with Gasteiger partial charge in [-0.2, -0.15) is 15.3 Å². The van der Waals surface area contributed by atoms with E-state index in [9.17, 15) is 14.4 Å². The van der Waals surface area contributed by atoms with Gasteiger partial charge in [-0.25, -0.2) is 9.59 Å². The monoisotopic (exact) mass is 644 g/mol. The maximum absolute atomic E-state index is 11.6. The van der Waals surface area contributed by atoms with E-state index in [-0.39, 0.29) is 16.9 Å². The lowest BCUT2D eigenvalue weighted by Gasteiger charge is -2.09. The van der Waals surface area contributed by atoms with Crippen LogP contribution < -0.4 is 21.6 Å². The topological polar surface area (TPSA) is 227 Å². The molecule has 0 radical (unpaired) electrons. The summed E-state index contributed by atoms with van der Waals surface area (Å²) < 4.78 is 5.19. The summed E-state index contributed by atoms with van der Waals surface area (Å²) in [5.41, 5.74) is 20.7. The van der Waals surface area contributed by atoms with E-state index in [1.165, 1.54) is 24.3 Å². The second-order valence-electron chi connectivity index (χ2n) is 10.3. The predicted octanol–water partition coefficient (Wildman–Crippen LogP) is 7.04. The van der Waals surface area contributed by atoms with Gasteiger partial charge in [0.2, 0.25) is 0 Å². The molecule has 14 heteroatoms. The standard InChI is InChI=1S/C34H28N8O6/c1-19-15-28(32(36)33(31(19)35)42-40-24-3-2-4-26(16-24)48-18-30(44)45)41-38-23-11-7-21(8-12-23)20-5-9-22(10-6-20)37-39-25-13-14-29(43)27(17-25)34(46)47/h2-17,37H,18,35-36H2,1H3,(H,44,45)(H,46,47). The number of nitrogens with one attached hydrogen (secondary N) is 1. The van der Waals surface area contributed by atoms with Crippen LogP contribution in [0.4, 0.5) is 39.8 Å². The number of aryl methyl sites for hydroxylation is 1. The molecule has 0 bridgehead atoms. The van der Waals surface area contributed by atoms with Crippen LogP contribution in [-0.4, -0.2) is 40.3 Å². The van der Waals surface area contributed by atoms with Gasteiger partial charge in [0.25, 0.3) is 0 Å². The van der Waals surface area contributed by atoms with Crippen LogP contribution in [0, 0.1) is 6.92 Å². The molecule has 7 N–H and O–H groups in total. The number of benzene rings is 4. The first-order chi connectivity index (χ1) is 23.1. The first kappa shape index (κ1) is 32.4. The highest BCUT2D eigenvalue weighted by Crippen LogP contribution is 2.41. The molecule has 0 amide bonds. The number of hydrogen-bond acceptors (Lipinski definition) is 12. The minimum atomic E-state index is -1.31. The molecule has 14 nitrogen and oxygen atoms in total. The minimum absolute atomic E-state index is 0.186. The summed E-state index contributed by atoms with van der Waals surface area (Å²) in [5.74, 6) is -2.66. The van der Waals surface area contributed by atoms with Crippen molar-refractivity contribution in [2.24, 2.45) is 25.6 Å². The van der Waals surface area contributed by atoms with Gasteiger partial charge in [-0.15, -0.1) is 10.2 Å². The Morgan fingerprint density at radius 3 is 2.19 bits per heavy atom. The lowest BCUT2D eigenvalue weighted by atomic mass is 10.0. The molecule has 0 saturated heterocycles. The molecule has 0 aromatic heterocycles. The molecule has 0 atom stereocenters. The van der Waals surface area contributed by atoms with Crippen LogP contribution in [0.5, 0.6) is 5.75 Å². The summed E-state index contributed by atoms with van der Waals surface area (Å²) in [6.45, 7) is 1.30. The molecular weight excluding hydrogens is 616 g/mol. The summed E-state index contributed by atoms with van der Waals surface area (Å²) in [5, 5.41) is 39.2. The number of hydrogen-bond donors (Lipinski definition) is 5. The van der Waals surface area contributed by atoms with Crippen molar-refractivity contribution in [1.29, 1.82) is 0 Å². The van der Waals surface area contributed by atoms with Gasteiger partial charge in [0, 0.05) is 6.07 Å². The summed E-state index contributed by atoms with van der Waals surface area (Å²) in [6, 6.07) is 23.0. The van der Waals surface area contributed by atoms with Crippen molar-refractivity contribution in [3.8, 4) is 16.9 Å². The van der Waals surface area contributed by atoms with Gasteiger partial charge < -0.3 is 26.4 Å². The number of nitrogen functional groups attached to an aromatic ring is 2. The van der Waals surface area contributed by atoms with Crippen molar-refractivity contribution in [2.45, 2.75) is 6.92 Å². The predicted molar refractivity (Wildman–Crippen MR) is 181 cm³/mol. The van der Waals surface area contributed by atoms with Crippen LogP contribution in [0.2, 0.25) is 0 Å². The van der Waals surface area contributed by atoms with Crippen molar-refractivity contribution in [3.63, 3.8) is 0 Å². The second kappa shape index (κ2) is 14.4. The summed E-state index contributed by atoms with van der Waals surface area (Å²) >= 11 is 0. The van der Waals surface area contributed by atoms with Gasteiger partial charge in [-0.3, -0.25) is 10.2 Å². The van der Waals surface area contributed by atoms with E-state index in [4.69, 9.17) is 26.4 Å². The smallest absolute Gasteiger partial charge is 0.341 e. The Bertz CT molecular complexity index is 2050. The molecule has 1 aliphatic carbocycles. The highest BCUT2D eigenvalue weighted by atomic mass is 16.5. The molecule has 240 valence electrons. The van der Waals surface area contributed by atoms with Crippen LogP contribution in [0.1, 0.15) is 5.56 Å². The number of carboxylic acid groups (broad SMARTS) is 2. The highest BCUT2D eigenvalue weighted by molar-refractivity contribution is 6.29. The van der Waals surface area contributed by atoms with Gasteiger partial charge in [0.1, 0.15) is 22.7 Å². The third-order valence-corrected chi connectivity index (χ3v) is 6.88. The van der Waals surface area contributed by atoms with Crippen LogP contribution in [0.25, 0.3) is 11.1 Å². The molecule has 1 aliphatic rings. The molecule has 0 aliphatic heterocycles. The molecule has 0 unspecified atom stereocenters. The Labute approximate surface area is 273 Å². The molecule has 5 rings (SSSR count). The van der Waals surface area contributed by atoms with Crippen LogP contribution in [0.15, 0.2) is 128 Å². The number of carboxylic acids is 2. The van der Waals surface area contributed by atoms with E-state index in [2.05, 4.69) is 31.0 Å². The van der Waals surface area contributed by atoms with E-state index >= 15 is 0 Å². The fourth-order valence-corrected chi connectivity index (χ4v) is 4.35. The first-order valence-corrected chi connectivity index (χ1v) is 14.3. The van der Waals surface area contributed by atoms with Gasteiger partial charge in [0.05, 0.1) is 34.1 Å². The van der Waals surface area contributed by atoms with E-state index in [1.807, 2.05) is 36.4 Å². The molecule has 0 spiro atoms. The lowest BCUT2D eigenvalue weighted by molar-refractivity contribution is -0.139. The largest absolute Gasteiger partial charge is 0.482 e. The molecule has 4 aromatic carbocycles. The summed E-state index contributed by atoms with van der Waals surface area (Å²) in [4.78, 5) is 33.6. The molecular formula is C34H28N8O6. The molecule has 4 aromatic rings. The fraction of sp³-hybridized carbons (Fsp3) is 0.0588. The van der Waals surface area contributed by atoms with Gasteiger partial charge in [-0.1, -0.05) is 30.3 Å². The van der Waals surface area contributed by atoms with Crippen LogP contribution in [-0.2, 0) is 14.4 Å². The number of ketones is 1. The zero-order chi connectivity index (χ0) is 34.2. The number of rotatable bonds is 11. The van der Waals surface area contributed by atoms with E-state index in [0.29, 0.717) is 45.5 Å². The van der Waals surface area contributed by atoms with Crippen molar-refractivity contribution in [3.05, 3.63) is 108 Å². The molecule has 0 fully saturated rings. The molecule has 0 saturated carbocycles. The number of allylic oxidation sites excluding steroid dienone is 3. The Morgan fingerprint density at radius 1 is 0.812 bits per heavy atom. The Morgan fingerprint density at radius 2 is 1.50 bits per heavy atom. The third kappa shape index (κ3) is 8.00. The van der Waals surface area contributed by atoms with Gasteiger partial charge in [0.15, 0.2) is 12.4 Å². The molecule has 48 heavy (non-hydrogen) atoms. The van der Waals surface area contributed by atoms with Crippen molar-refractivity contribution in [2.75, 3.05) is 23.5 Å². The number of carbonyl (C=O) groups excluding carboxylic acids is 1. The van der Waals surface area contributed by atoms with Crippen molar-refractivity contribution in [1.82, 2.24) is 0 Å². The number of azo groups is 2. The van der Waals surface area contributed by atoms with Gasteiger partial charge >= 0.3 is 11.9 Å². The Kier molecular flexibility index (Phi) is 9.75. The minimum Gasteiger partial charge on any atom is -0.482 e. The normalized spacial score (nSPS) is 13.6. The number of nitrogens with two attached hydrogens (primary N) is 2. The van der Waals surface area contributed by atoms with Gasteiger partial charge in [-0.05, 0) is 84.3 Å². The maximum atomic E-state index is 11.6. The number of carbonyl (C=O) groups is 3. The number of ether oxygens (including phenoxy) is 1. The zero-order valence-electron chi connectivity index (χ0n) is 25.4. The van der Waals surface area contributed by atoms with Crippen LogP contribution >= 0.6 is 0 Å². The quantitative estimate of drug-likeness (QED) is 0.0370. The van der Waals surface area contributed by atoms with E-state index in [1.54, 1.807) is 43.3 Å². The van der Waals surface area contributed by atoms with E-state index in [0.717, 1.165) is 11.1 Å². The van der Waals surface area contributed by atoms with E-state index < -0.39 is 24.3 Å². The molecule has 0 heterocycles. The fourth-order valence-electron chi connectivity index (χ4n) is 4.35. The van der Waals surface area contributed by atoms with Crippen molar-refractivity contribution < 1.29 is 29.3 Å². The Balaban J connectivity index is 1.26. The number of anilines is 3. The average Bonchev–Trinajstić information content (AvgIpc) is 3.08. The average molecular weight is 645 g/mol. The second-order valence-corrected chi connectivity index (χ2v) is 10.3. The summed E-state index contributed by atoms with van der Waals surface area (Å²) in [7, 11) is 0. The number of hydrazone groups is 1. The Hall–Kier alpha value is -6.96.